The Bertz CT molecular complexity index is 640. The summed E-state index contributed by atoms with van der Waals surface area (Å²) in [5.41, 5.74) is 1.45. The first-order valence-corrected chi connectivity index (χ1v) is 6.44. The Balaban J connectivity index is 2.43. The van der Waals surface area contributed by atoms with Crippen LogP contribution >= 0.6 is 0 Å². The van der Waals surface area contributed by atoms with Crippen LogP contribution in [0.15, 0.2) is 42.5 Å². The van der Waals surface area contributed by atoms with Gasteiger partial charge in [0, 0.05) is 11.1 Å². The minimum absolute atomic E-state index is 0.111. The van der Waals surface area contributed by atoms with Crippen LogP contribution in [0.5, 0.6) is 0 Å². The molecule has 0 aliphatic rings. The molecular weight excluding hydrogens is 261 g/mol. The van der Waals surface area contributed by atoms with Gasteiger partial charge in [0.1, 0.15) is 5.82 Å². The molecule has 0 spiro atoms. The predicted octanol–water partition coefficient (Wildman–Crippen LogP) is 5.46. The maximum Gasteiger partial charge on any atom is 0.169 e. The third-order valence-electron chi connectivity index (χ3n) is 3.17. The second-order valence-corrected chi connectivity index (χ2v) is 4.66. The summed E-state index contributed by atoms with van der Waals surface area (Å²) in [6.45, 7) is 3.66. The molecule has 0 N–H and O–H groups in total. The molecule has 0 unspecified atom stereocenters. The standard InChI is InChI=1S/C17H15F3/c1-3-12-5-7-13(8-6-12)16(19)17(20)14-9-4-11(2)10-15(14)18/h4-10H,3H2,1-2H3/b17-16+. The number of benzene rings is 2. The number of halogens is 3. The Labute approximate surface area is 116 Å². The molecule has 0 aromatic heterocycles. The highest BCUT2D eigenvalue weighted by Crippen LogP contribution is 2.30. The van der Waals surface area contributed by atoms with Crippen molar-refractivity contribution in [2.24, 2.45) is 0 Å². The van der Waals surface area contributed by atoms with Crippen LogP contribution in [0.3, 0.4) is 0 Å². The molecule has 0 aliphatic heterocycles. The normalized spacial score (nSPS) is 12.2. The van der Waals surface area contributed by atoms with Crippen molar-refractivity contribution in [2.75, 3.05) is 0 Å². The summed E-state index contributed by atoms with van der Waals surface area (Å²) in [5.74, 6) is -2.98. The van der Waals surface area contributed by atoms with Crippen molar-refractivity contribution in [3.8, 4) is 0 Å². The lowest BCUT2D eigenvalue weighted by atomic mass is 10.1. The molecule has 0 heterocycles. The van der Waals surface area contributed by atoms with E-state index in [0.29, 0.717) is 5.56 Å². The molecule has 0 atom stereocenters. The van der Waals surface area contributed by atoms with Crippen LogP contribution in [0.25, 0.3) is 11.7 Å². The first kappa shape index (κ1) is 14.4. The Hall–Kier alpha value is -2.03. The van der Waals surface area contributed by atoms with Crippen LogP contribution in [0, 0.1) is 12.7 Å². The topological polar surface area (TPSA) is 0 Å². The van der Waals surface area contributed by atoms with E-state index < -0.39 is 17.5 Å². The maximum atomic E-state index is 14.1. The number of aryl methyl sites for hydroxylation is 2. The number of rotatable bonds is 3. The van der Waals surface area contributed by atoms with E-state index in [1.54, 1.807) is 25.1 Å². The summed E-state index contributed by atoms with van der Waals surface area (Å²) < 4.78 is 41.8. The van der Waals surface area contributed by atoms with Gasteiger partial charge in [-0.05, 0) is 36.6 Å². The summed E-state index contributed by atoms with van der Waals surface area (Å²) >= 11 is 0. The Morgan fingerprint density at radius 3 is 2.15 bits per heavy atom. The van der Waals surface area contributed by atoms with Gasteiger partial charge in [0.25, 0.3) is 0 Å². The summed E-state index contributed by atoms with van der Waals surface area (Å²) in [5, 5.41) is 0. The third-order valence-corrected chi connectivity index (χ3v) is 3.17. The highest BCUT2D eigenvalue weighted by atomic mass is 19.2. The number of hydrogen-bond donors (Lipinski definition) is 0. The molecule has 0 bridgehead atoms. The van der Waals surface area contributed by atoms with Crippen molar-refractivity contribution in [3.05, 3.63) is 70.5 Å². The molecular formula is C17H15F3. The third kappa shape index (κ3) is 2.93. The first-order valence-electron chi connectivity index (χ1n) is 6.44. The van der Waals surface area contributed by atoms with Gasteiger partial charge in [-0.2, -0.15) is 0 Å². The molecule has 0 amide bonds. The average molecular weight is 276 g/mol. The zero-order valence-electron chi connectivity index (χ0n) is 11.4. The molecule has 20 heavy (non-hydrogen) atoms. The summed E-state index contributed by atoms with van der Waals surface area (Å²) in [7, 11) is 0. The maximum absolute atomic E-state index is 14.1. The molecule has 0 saturated heterocycles. The Kier molecular flexibility index (Phi) is 4.28. The molecule has 0 saturated carbocycles. The predicted molar refractivity (Wildman–Crippen MR) is 76.0 cm³/mol. The minimum atomic E-state index is -1.17. The Morgan fingerprint density at radius 2 is 1.60 bits per heavy atom. The molecule has 104 valence electrons. The van der Waals surface area contributed by atoms with Gasteiger partial charge in [-0.1, -0.05) is 37.3 Å². The van der Waals surface area contributed by atoms with Crippen LogP contribution in [0.1, 0.15) is 29.2 Å². The Morgan fingerprint density at radius 1 is 0.950 bits per heavy atom. The van der Waals surface area contributed by atoms with Gasteiger partial charge in [-0.3, -0.25) is 0 Å². The van der Waals surface area contributed by atoms with Crippen LogP contribution < -0.4 is 0 Å². The van der Waals surface area contributed by atoms with Crippen molar-refractivity contribution in [3.63, 3.8) is 0 Å². The highest BCUT2D eigenvalue weighted by Gasteiger charge is 2.15. The SMILES string of the molecule is CCc1ccc(/C(F)=C(\F)c2ccc(C)cc2F)cc1. The van der Waals surface area contributed by atoms with Gasteiger partial charge in [-0.15, -0.1) is 0 Å². The lowest BCUT2D eigenvalue weighted by Crippen LogP contribution is -1.90. The lowest BCUT2D eigenvalue weighted by molar-refractivity contribution is 0.610. The smallest absolute Gasteiger partial charge is 0.169 e. The molecule has 2 aromatic rings. The zero-order valence-corrected chi connectivity index (χ0v) is 11.4. The van der Waals surface area contributed by atoms with Crippen molar-refractivity contribution in [2.45, 2.75) is 20.3 Å². The van der Waals surface area contributed by atoms with E-state index in [0.717, 1.165) is 12.0 Å². The van der Waals surface area contributed by atoms with E-state index in [4.69, 9.17) is 0 Å². The quantitative estimate of drug-likeness (QED) is 0.653. The summed E-state index contributed by atoms with van der Waals surface area (Å²) in [6.07, 6.45) is 0.820. The van der Waals surface area contributed by atoms with Crippen molar-refractivity contribution in [1.82, 2.24) is 0 Å². The average Bonchev–Trinajstić information content (AvgIpc) is 2.46. The van der Waals surface area contributed by atoms with E-state index in [9.17, 15) is 13.2 Å². The van der Waals surface area contributed by atoms with Crippen molar-refractivity contribution >= 4 is 11.7 Å². The van der Waals surface area contributed by atoms with E-state index >= 15 is 0 Å². The molecule has 0 aliphatic carbocycles. The molecule has 2 rings (SSSR count). The first-order chi connectivity index (χ1) is 9.52. The molecule has 0 nitrogen and oxygen atoms in total. The second kappa shape index (κ2) is 5.95. The van der Waals surface area contributed by atoms with E-state index in [1.165, 1.54) is 24.3 Å². The van der Waals surface area contributed by atoms with Gasteiger partial charge < -0.3 is 0 Å². The molecule has 3 heteroatoms. The highest BCUT2D eigenvalue weighted by molar-refractivity contribution is 5.83. The fourth-order valence-electron chi connectivity index (χ4n) is 1.93. The number of hydrogen-bond acceptors (Lipinski definition) is 0. The van der Waals surface area contributed by atoms with E-state index in [-0.39, 0.29) is 11.1 Å². The fraction of sp³-hybridized carbons (Fsp3) is 0.176. The molecule has 0 fully saturated rings. The van der Waals surface area contributed by atoms with Gasteiger partial charge in [0.15, 0.2) is 11.7 Å². The summed E-state index contributed by atoms with van der Waals surface area (Å²) in [6, 6.07) is 10.4. The van der Waals surface area contributed by atoms with E-state index in [2.05, 4.69) is 0 Å². The molecule has 0 radical (unpaired) electrons. The second-order valence-electron chi connectivity index (χ2n) is 4.66. The van der Waals surface area contributed by atoms with Gasteiger partial charge >= 0.3 is 0 Å². The van der Waals surface area contributed by atoms with Gasteiger partial charge in [-0.25, -0.2) is 13.2 Å². The monoisotopic (exact) mass is 276 g/mol. The van der Waals surface area contributed by atoms with Crippen LogP contribution in [-0.2, 0) is 6.42 Å². The van der Waals surface area contributed by atoms with Crippen LogP contribution in [0.4, 0.5) is 13.2 Å². The summed E-state index contributed by atoms with van der Waals surface area (Å²) in [4.78, 5) is 0. The fourth-order valence-corrected chi connectivity index (χ4v) is 1.93. The van der Waals surface area contributed by atoms with Gasteiger partial charge in [0.05, 0.1) is 0 Å². The largest absolute Gasteiger partial charge is 0.206 e. The zero-order chi connectivity index (χ0) is 14.7. The van der Waals surface area contributed by atoms with Crippen LogP contribution in [-0.4, -0.2) is 0 Å². The minimum Gasteiger partial charge on any atom is -0.206 e. The van der Waals surface area contributed by atoms with Crippen molar-refractivity contribution in [1.29, 1.82) is 0 Å². The lowest BCUT2D eigenvalue weighted by Gasteiger charge is -2.05. The van der Waals surface area contributed by atoms with Crippen LogP contribution in [0.2, 0.25) is 0 Å². The molecule has 2 aromatic carbocycles. The van der Waals surface area contributed by atoms with Gasteiger partial charge in [0.2, 0.25) is 0 Å². The van der Waals surface area contributed by atoms with Crippen molar-refractivity contribution < 1.29 is 13.2 Å². The van der Waals surface area contributed by atoms with E-state index in [1.807, 2.05) is 6.92 Å².